The quantitative estimate of drug-likeness (QED) is 0.636. The van der Waals surface area contributed by atoms with Crippen LogP contribution >= 0.6 is 23.2 Å². The van der Waals surface area contributed by atoms with Crippen LogP contribution in [0.2, 0.25) is 10.0 Å². The summed E-state index contributed by atoms with van der Waals surface area (Å²) >= 11 is 11.1. The molecule has 0 saturated heterocycles. The third kappa shape index (κ3) is 7.08. The number of aliphatic hydroxyl groups is 1. The molecule has 1 aromatic carbocycles. The fourth-order valence-corrected chi connectivity index (χ4v) is 4.07. The molecule has 0 aliphatic rings. The summed E-state index contributed by atoms with van der Waals surface area (Å²) in [6.07, 6.45) is 0.982. The van der Waals surface area contributed by atoms with Crippen molar-refractivity contribution >= 4 is 33.3 Å². The molecule has 2 N–H and O–H groups in total. The van der Waals surface area contributed by atoms with E-state index in [2.05, 4.69) is 4.98 Å². The van der Waals surface area contributed by atoms with Crippen molar-refractivity contribution in [2.24, 2.45) is 0 Å². The maximum Gasteiger partial charge on any atom is 0.312 e. The van der Waals surface area contributed by atoms with Gasteiger partial charge >= 0.3 is 10.1 Å². The van der Waals surface area contributed by atoms with E-state index in [9.17, 15) is 13.0 Å². The lowest BCUT2D eigenvalue weighted by molar-refractivity contribution is 0.286. The molecule has 0 unspecified atom stereocenters. The smallest absolute Gasteiger partial charge is 0.312 e. The zero-order valence-corrected chi connectivity index (χ0v) is 18.2. The van der Waals surface area contributed by atoms with Gasteiger partial charge in [0.05, 0.1) is 5.69 Å². The SMILES string of the molecule is CC(C)c1nc(CCCO)n(C(C)C)c1S(=O)(=O)O.Clc1cccc(Cl)c1. The van der Waals surface area contributed by atoms with Crippen LogP contribution in [0, 0.1) is 0 Å². The highest BCUT2D eigenvalue weighted by Crippen LogP contribution is 2.28. The molecule has 0 amide bonds. The number of aromatic nitrogens is 2. The van der Waals surface area contributed by atoms with E-state index in [4.69, 9.17) is 28.3 Å². The van der Waals surface area contributed by atoms with E-state index >= 15 is 0 Å². The Morgan fingerprint density at radius 2 is 1.70 bits per heavy atom. The van der Waals surface area contributed by atoms with Gasteiger partial charge in [0, 0.05) is 29.1 Å². The summed E-state index contributed by atoms with van der Waals surface area (Å²) in [6.45, 7) is 7.35. The van der Waals surface area contributed by atoms with Gasteiger partial charge in [0.2, 0.25) is 0 Å². The molecule has 2 rings (SSSR count). The molecule has 9 heteroatoms. The minimum absolute atomic E-state index is 0.0170. The molecule has 1 heterocycles. The molecule has 0 saturated carbocycles. The number of nitrogens with zero attached hydrogens (tertiary/aromatic N) is 2. The van der Waals surface area contributed by atoms with Crippen molar-refractivity contribution in [1.29, 1.82) is 0 Å². The molecule has 27 heavy (non-hydrogen) atoms. The van der Waals surface area contributed by atoms with Crippen LogP contribution in [0.25, 0.3) is 0 Å². The first kappa shape index (κ1) is 23.9. The van der Waals surface area contributed by atoms with E-state index < -0.39 is 10.1 Å². The van der Waals surface area contributed by atoms with Crippen molar-refractivity contribution in [3.8, 4) is 0 Å². The van der Waals surface area contributed by atoms with Gasteiger partial charge in [-0.1, -0.05) is 43.1 Å². The van der Waals surface area contributed by atoms with Crippen molar-refractivity contribution in [3.05, 3.63) is 45.8 Å². The fourth-order valence-electron chi connectivity index (χ4n) is 2.52. The van der Waals surface area contributed by atoms with Crippen molar-refractivity contribution in [3.63, 3.8) is 0 Å². The van der Waals surface area contributed by atoms with Gasteiger partial charge in [0.25, 0.3) is 0 Å². The monoisotopic (exact) mass is 436 g/mol. The van der Waals surface area contributed by atoms with E-state index in [0.29, 0.717) is 34.4 Å². The average molecular weight is 437 g/mol. The lowest BCUT2D eigenvalue weighted by Crippen LogP contribution is -2.15. The minimum Gasteiger partial charge on any atom is -0.396 e. The van der Waals surface area contributed by atoms with Gasteiger partial charge in [-0.2, -0.15) is 8.42 Å². The maximum atomic E-state index is 11.6. The summed E-state index contributed by atoms with van der Waals surface area (Å²) in [6, 6.07) is 6.94. The van der Waals surface area contributed by atoms with Gasteiger partial charge in [0.1, 0.15) is 5.82 Å². The summed E-state index contributed by atoms with van der Waals surface area (Å²) < 4.78 is 34.2. The summed E-state index contributed by atoms with van der Waals surface area (Å²) in [5.41, 5.74) is 0.379. The Morgan fingerprint density at radius 3 is 2.04 bits per heavy atom. The molecule has 0 fully saturated rings. The predicted molar refractivity (Wildman–Crippen MR) is 108 cm³/mol. The van der Waals surface area contributed by atoms with Gasteiger partial charge in [-0.3, -0.25) is 4.55 Å². The Hall–Kier alpha value is -1.12. The summed E-state index contributed by atoms with van der Waals surface area (Å²) in [5.74, 6) is 0.477. The van der Waals surface area contributed by atoms with Crippen LogP contribution in [-0.4, -0.2) is 34.2 Å². The molecule has 6 nitrogen and oxygen atoms in total. The number of aryl methyl sites for hydroxylation is 1. The van der Waals surface area contributed by atoms with E-state index in [1.807, 2.05) is 33.8 Å². The van der Waals surface area contributed by atoms with Gasteiger partial charge in [0.15, 0.2) is 5.03 Å². The lowest BCUT2D eigenvalue weighted by atomic mass is 10.1. The molecule has 0 aliphatic carbocycles. The third-order valence-corrected chi connectivity index (χ3v) is 4.98. The second-order valence-electron chi connectivity index (χ2n) is 6.58. The zero-order chi connectivity index (χ0) is 20.8. The molecular formula is C18H26Cl2N2O4S. The molecule has 0 atom stereocenters. The Balaban J connectivity index is 0.000000377. The van der Waals surface area contributed by atoms with Crippen LogP contribution in [0.1, 0.15) is 57.6 Å². The lowest BCUT2D eigenvalue weighted by Gasteiger charge is -2.14. The van der Waals surface area contributed by atoms with E-state index in [0.717, 1.165) is 0 Å². The van der Waals surface area contributed by atoms with Crippen molar-refractivity contribution in [2.45, 2.75) is 57.5 Å². The van der Waals surface area contributed by atoms with Crippen LogP contribution in [0.3, 0.4) is 0 Å². The summed E-state index contributed by atoms with van der Waals surface area (Å²) in [5, 5.41) is 10.1. The Morgan fingerprint density at radius 1 is 1.15 bits per heavy atom. The Labute approximate surface area is 170 Å². The first-order valence-corrected chi connectivity index (χ1v) is 10.8. The average Bonchev–Trinajstić information content (AvgIpc) is 2.93. The highest BCUT2D eigenvalue weighted by atomic mass is 35.5. The number of rotatable bonds is 6. The largest absolute Gasteiger partial charge is 0.396 e. The van der Waals surface area contributed by atoms with Crippen LogP contribution in [0.4, 0.5) is 0 Å². The Kier molecular flexibility index (Phi) is 9.24. The molecule has 0 aliphatic heterocycles. The maximum absolute atomic E-state index is 11.6. The minimum atomic E-state index is -4.32. The molecule has 1 aromatic heterocycles. The first-order valence-electron chi connectivity index (χ1n) is 8.59. The van der Waals surface area contributed by atoms with Gasteiger partial charge < -0.3 is 9.67 Å². The van der Waals surface area contributed by atoms with Crippen molar-refractivity contribution < 1.29 is 18.1 Å². The zero-order valence-electron chi connectivity index (χ0n) is 15.9. The van der Waals surface area contributed by atoms with Gasteiger partial charge in [-0.25, -0.2) is 4.98 Å². The van der Waals surface area contributed by atoms with Crippen LogP contribution in [0.5, 0.6) is 0 Å². The number of aliphatic hydroxyl groups excluding tert-OH is 1. The van der Waals surface area contributed by atoms with E-state index in [1.54, 1.807) is 22.8 Å². The van der Waals surface area contributed by atoms with Crippen molar-refractivity contribution in [2.75, 3.05) is 6.61 Å². The summed E-state index contributed by atoms with van der Waals surface area (Å²) in [7, 11) is -4.32. The number of benzene rings is 1. The number of imidazole rings is 1. The molecule has 0 spiro atoms. The molecule has 2 aromatic rings. The number of hydrogen-bond acceptors (Lipinski definition) is 4. The standard InChI is InChI=1S/C12H22N2O4S.C6H4Cl2/c1-8(2)11-12(19(16,17)18)14(9(3)4)10(13-11)6-5-7-15;7-5-2-1-3-6(8)4-5/h8-9,15H,5-7H2,1-4H3,(H,16,17,18);1-4H. The molecule has 0 radical (unpaired) electrons. The van der Waals surface area contributed by atoms with Gasteiger partial charge in [-0.15, -0.1) is 0 Å². The van der Waals surface area contributed by atoms with E-state index in [1.165, 1.54) is 0 Å². The molecule has 152 valence electrons. The second kappa shape index (κ2) is 10.4. The van der Waals surface area contributed by atoms with Crippen molar-refractivity contribution in [1.82, 2.24) is 9.55 Å². The summed E-state index contributed by atoms with van der Waals surface area (Å²) in [4.78, 5) is 4.35. The highest BCUT2D eigenvalue weighted by Gasteiger charge is 2.28. The topological polar surface area (TPSA) is 92.4 Å². The van der Waals surface area contributed by atoms with Crippen LogP contribution in [-0.2, 0) is 16.5 Å². The molecule has 0 bridgehead atoms. The predicted octanol–water partition coefficient (Wildman–Crippen LogP) is 4.75. The number of hydrogen-bond donors (Lipinski definition) is 2. The normalized spacial score (nSPS) is 11.6. The molecular weight excluding hydrogens is 411 g/mol. The third-order valence-electron chi connectivity index (χ3n) is 3.62. The van der Waals surface area contributed by atoms with Gasteiger partial charge in [-0.05, 0) is 44.4 Å². The van der Waals surface area contributed by atoms with E-state index in [-0.39, 0.29) is 23.6 Å². The second-order valence-corrected chi connectivity index (χ2v) is 8.79. The Bertz CT molecular complexity index is 832. The van der Waals surface area contributed by atoms with Crippen LogP contribution < -0.4 is 0 Å². The van der Waals surface area contributed by atoms with Crippen LogP contribution in [0.15, 0.2) is 29.3 Å². The highest BCUT2D eigenvalue weighted by molar-refractivity contribution is 7.85. The fraction of sp³-hybridized carbons (Fsp3) is 0.500. The number of halogens is 2. The first-order chi connectivity index (χ1) is 12.5.